The highest BCUT2D eigenvalue weighted by atomic mass is 16.5. The Morgan fingerprint density at radius 1 is 1.10 bits per heavy atom. The Morgan fingerprint density at radius 2 is 1.84 bits per heavy atom. The fourth-order valence-electron chi connectivity index (χ4n) is 3.51. The van der Waals surface area contributed by atoms with E-state index in [1.54, 1.807) is 30.5 Å². The summed E-state index contributed by atoms with van der Waals surface area (Å²) in [5, 5.41) is 14.5. The number of carbonyl (C=O) groups is 1. The molecule has 1 amide bonds. The molecule has 0 radical (unpaired) electrons. The minimum Gasteiger partial charge on any atom is -0.496 e. The number of rotatable bonds is 6. The summed E-state index contributed by atoms with van der Waals surface area (Å²) in [5.41, 5.74) is 6.46. The van der Waals surface area contributed by atoms with E-state index in [-0.39, 0.29) is 5.91 Å². The van der Waals surface area contributed by atoms with Crippen LogP contribution in [0, 0.1) is 11.3 Å². The van der Waals surface area contributed by atoms with Gasteiger partial charge in [-0.25, -0.2) is 5.43 Å². The summed E-state index contributed by atoms with van der Waals surface area (Å²) in [7, 11) is 1.52. The number of ether oxygens (including phenoxy) is 1. The highest BCUT2D eigenvalue weighted by molar-refractivity contribution is 6.01. The number of amides is 1. The average molecular weight is 408 g/mol. The molecule has 0 saturated carbocycles. The Bertz CT molecular complexity index is 1310. The molecule has 0 spiro atoms. The van der Waals surface area contributed by atoms with Gasteiger partial charge in [0.15, 0.2) is 0 Å². The van der Waals surface area contributed by atoms with E-state index < -0.39 is 0 Å². The van der Waals surface area contributed by atoms with Gasteiger partial charge in [-0.2, -0.15) is 10.4 Å². The molecule has 4 rings (SSSR count). The highest BCUT2D eigenvalue weighted by Crippen LogP contribution is 2.22. The van der Waals surface area contributed by atoms with Crippen molar-refractivity contribution < 1.29 is 9.53 Å². The number of nitriles is 1. The number of benzene rings is 3. The first-order valence-corrected chi connectivity index (χ1v) is 9.73. The van der Waals surface area contributed by atoms with Crippen molar-refractivity contribution in [3.63, 3.8) is 0 Å². The first-order valence-electron chi connectivity index (χ1n) is 9.73. The molecule has 0 fully saturated rings. The van der Waals surface area contributed by atoms with Crippen molar-refractivity contribution in [1.82, 2.24) is 9.99 Å². The van der Waals surface area contributed by atoms with Crippen molar-refractivity contribution in [2.75, 3.05) is 7.11 Å². The van der Waals surface area contributed by atoms with Gasteiger partial charge in [-0.3, -0.25) is 4.79 Å². The van der Waals surface area contributed by atoms with Crippen LogP contribution in [-0.4, -0.2) is 23.8 Å². The number of para-hydroxylation sites is 2. The number of nitrogens with zero attached hydrogens (tertiary/aromatic N) is 3. The zero-order valence-corrected chi connectivity index (χ0v) is 16.9. The molecule has 1 heterocycles. The van der Waals surface area contributed by atoms with Crippen LogP contribution in [-0.2, 0) is 6.54 Å². The van der Waals surface area contributed by atoms with E-state index in [2.05, 4.69) is 21.2 Å². The third-order valence-electron chi connectivity index (χ3n) is 5.02. The summed E-state index contributed by atoms with van der Waals surface area (Å²) in [5.74, 6) is 0.142. The van der Waals surface area contributed by atoms with Gasteiger partial charge in [-0.15, -0.1) is 0 Å². The third-order valence-corrected chi connectivity index (χ3v) is 5.02. The molecule has 0 aliphatic heterocycles. The summed E-state index contributed by atoms with van der Waals surface area (Å²) in [6.07, 6.45) is 3.60. The lowest BCUT2D eigenvalue weighted by Gasteiger charge is -2.07. The van der Waals surface area contributed by atoms with E-state index >= 15 is 0 Å². The van der Waals surface area contributed by atoms with Crippen molar-refractivity contribution in [3.8, 4) is 11.8 Å². The van der Waals surface area contributed by atoms with Crippen molar-refractivity contribution >= 4 is 23.0 Å². The van der Waals surface area contributed by atoms with E-state index in [1.165, 1.54) is 7.11 Å². The zero-order chi connectivity index (χ0) is 21.6. The van der Waals surface area contributed by atoms with Gasteiger partial charge in [-0.05, 0) is 29.8 Å². The molecule has 4 aromatic rings. The molecule has 0 aliphatic rings. The van der Waals surface area contributed by atoms with Crippen molar-refractivity contribution in [2.24, 2.45) is 5.10 Å². The monoisotopic (exact) mass is 408 g/mol. The fraction of sp³-hybridized carbons (Fsp3) is 0.0800. The molecule has 1 aromatic heterocycles. The van der Waals surface area contributed by atoms with E-state index in [9.17, 15) is 10.1 Å². The van der Waals surface area contributed by atoms with Gasteiger partial charge in [0.1, 0.15) is 5.75 Å². The summed E-state index contributed by atoms with van der Waals surface area (Å²) in [4.78, 5) is 12.5. The molecule has 0 saturated heterocycles. The largest absolute Gasteiger partial charge is 0.496 e. The number of hydrogen-bond donors (Lipinski definition) is 1. The quantitative estimate of drug-likeness (QED) is 0.381. The lowest BCUT2D eigenvalue weighted by molar-refractivity contribution is 0.0952. The molecular formula is C25H20N4O2. The van der Waals surface area contributed by atoms with Gasteiger partial charge in [0.2, 0.25) is 0 Å². The van der Waals surface area contributed by atoms with E-state index in [0.717, 1.165) is 22.0 Å². The lowest BCUT2D eigenvalue weighted by atomic mass is 10.1. The molecule has 6 nitrogen and oxygen atoms in total. The van der Waals surface area contributed by atoms with Crippen LogP contribution < -0.4 is 10.2 Å². The summed E-state index contributed by atoms with van der Waals surface area (Å²) in [6.45, 7) is 0.561. The Labute approximate surface area is 180 Å². The molecule has 152 valence electrons. The molecular weight excluding hydrogens is 388 g/mol. The smallest absolute Gasteiger partial charge is 0.275 e. The summed E-state index contributed by atoms with van der Waals surface area (Å²) < 4.78 is 7.31. The number of methoxy groups -OCH3 is 1. The van der Waals surface area contributed by atoms with Crippen molar-refractivity contribution in [3.05, 3.63) is 101 Å². The Kier molecular flexibility index (Phi) is 5.77. The molecule has 1 N–H and O–H groups in total. The van der Waals surface area contributed by atoms with Gasteiger partial charge >= 0.3 is 0 Å². The average Bonchev–Trinajstić information content (AvgIpc) is 3.16. The standard InChI is InChI=1S/C25H20N4O2/c1-31-24-13-7-5-11-22(24)25(30)28-27-15-20-17-29(23-12-6-4-10-21(20)23)16-19-9-3-2-8-18(19)14-26/h2-13,15,17H,16H2,1H3,(H,28,30)/b27-15+. The second kappa shape index (κ2) is 8.97. The molecule has 31 heavy (non-hydrogen) atoms. The normalized spacial score (nSPS) is 10.8. The Balaban J connectivity index is 1.60. The fourth-order valence-corrected chi connectivity index (χ4v) is 3.51. The first kappa shape index (κ1) is 19.9. The first-order chi connectivity index (χ1) is 15.2. The SMILES string of the molecule is COc1ccccc1C(=O)N/N=C/c1cn(Cc2ccccc2C#N)c2ccccc12. The van der Waals surface area contributed by atoms with Crippen LogP contribution in [0.2, 0.25) is 0 Å². The number of hydrogen-bond acceptors (Lipinski definition) is 4. The maximum Gasteiger partial charge on any atom is 0.275 e. The summed E-state index contributed by atoms with van der Waals surface area (Å²) in [6, 6.07) is 24.7. The molecule has 3 aromatic carbocycles. The van der Waals surface area contributed by atoms with Gasteiger partial charge in [-0.1, -0.05) is 48.5 Å². The van der Waals surface area contributed by atoms with E-state index in [0.29, 0.717) is 23.4 Å². The summed E-state index contributed by atoms with van der Waals surface area (Å²) >= 11 is 0. The van der Waals surface area contributed by atoms with Crippen molar-refractivity contribution in [2.45, 2.75) is 6.54 Å². The maximum atomic E-state index is 12.5. The highest BCUT2D eigenvalue weighted by Gasteiger charge is 2.11. The van der Waals surface area contributed by atoms with Crippen LogP contribution in [0.15, 0.2) is 84.1 Å². The number of nitrogens with one attached hydrogen (secondary N) is 1. The van der Waals surface area contributed by atoms with Crippen LogP contribution in [0.25, 0.3) is 10.9 Å². The molecule has 0 aliphatic carbocycles. The minimum absolute atomic E-state index is 0.347. The predicted octanol–water partition coefficient (Wildman–Crippen LogP) is 4.33. The van der Waals surface area contributed by atoms with Crippen LogP contribution in [0.5, 0.6) is 5.75 Å². The topological polar surface area (TPSA) is 79.4 Å². The third kappa shape index (κ3) is 4.16. The van der Waals surface area contributed by atoms with Crippen molar-refractivity contribution in [1.29, 1.82) is 5.26 Å². The predicted molar refractivity (Wildman–Crippen MR) is 120 cm³/mol. The number of hydrazone groups is 1. The van der Waals surface area contributed by atoms with Gasteiger partial charge in [0.05, 0.1) is 30.5 Å². The zero-order valence-electron chi connectivity index (χ0n) is 16.9. The second-order valence-corrected chi connectivity index (χ2v) is 6.90. The van der Waals surface area contributed by atoms with Crippen LogP contribution >= 0.6 is 0 Å². The van der Waals surface area contributed by atoms with Crippen LogP contribution in [0.3, 0.4) is 0 Å². The minimum atomic E-state index is -0.347. The Morgan fingerprint density at radius 3 is 2.68 bits per heavy atom. The van der Waals surface area contributed by atoms with Gasteiger partial charge < -0.3 is 9.30 Å². The van der Waals surface area contributed by atoms with Gasteiger partial charge in [0, 0.05) is 29.2 Å². The second-order valence-electron chi connectivity index (χ2n) is 6.90. The van der Waals surface area contributed by atoms with E-state index in [1.807, 2.05) is 54.7 Å². The van der Waals surface area contributed by atoms with Crippen LogP contribution in [0.1, 0.15) is 27.0 Å². The number of fused-ring (bicyclic) bond motifs is 1. The molecule has 0 atom stereocenters. The molecule has 0 unspecified atom stereocenters. The number of carbonyl (C=O) groups excluding carboxylic acids is 1. The Hall–Kier alpha value is -4.37. The van der Waals surface area contributed by atoms with Crippen LogP contribution in [0.4, 0.5) is 0 Å². The van der Waals surface area contributed by atoms with Gasteiger partial charge in [0.25, 0.3) is 5.91 Å². The van der Waals surface area contributed by atoms with E-state index in [4.69, 9.17) is 4.74 Å². The molecule has 0 bridgehead atoms. The number of aromatic nitrogens is 1. The maximum absolute atomic E-state index is 12.5. The lowest BCUT2D eigenvalue weighted by Crippen LogP contribution is -2.18. The molecule has 6 heteroatoms.